The zero-order chi connectivity index (χ0) is 13.1. The van der Waals surface area contributed by atoms with Crippen molar-refractivity contribution < 1.29 is 5.11 Å². The van der Waals surface area contributed by atoms with Crippen molar-refractivity contribution in [2.24, 2.45) is 0 Å². The fourth-order valence-electron chi connectivity index (χ4n) is 3.51. The van der Waals surface area contributed by atoms with Crippen LogP contribution in [0.3, 0.4) is 0 Å². The van der Waals surface area contributed by atoms with Gasteiger partial charge in [-0.3, -0.25) is 0 Å². The first-order chi connectivity index (χ1) is 9.38. The summed E-state index contributed by atoms with van der Waals surface area (Å²) in [5.41, 5.74) is 1.17. The van der Waals surface area contributed by atoms with Crippen LogP contribution in [0, 0.1) is 0 Å². The Kier molecular flexibility index (Phi) is 3.97. The summed E-state index contributed by atoms with van der Waals surface area (Å²) in [5.74, 6) is 1.62. The van der Waals surface area contributed by atoms with E-state index in [4.69, 9.17) is 5.11 Å². The third-order valence-electron chi connectivity index (χ3n) is 4.58. The first kappa shape index (κ1) is 12.9. The summed E-state index contributed by atoms with van der Waals surface area (Å²) in [7, 11) is 0. The number of aliphatic hydroxyl groups excluding tert-OH is 1. The molecule has 1 unspecified atom stereocenters. The molecule has 1 aromatic heterocycles. The maximum atomic E-state index is 9.12. The van der Waals surface area contributed by atoms with Crippen LogP contribution >= 0.6 is 0 Å². The standard InChI is InChI=1S/C15H23N3O/c19-11-9-13-6-3-10-18(13)15-8-7-14(16-17-15)12-4-1-2-5-12/h7-8,12-13,19H,1-6,9-11H2. The fraction of sp³-hybridized carbons (Fsp3) is 0.733. The molecule has 3 rings (SSSR count). The molecule has 104 valence electrons. The minimum absolute atomic E-state index is 0.259. The number of hydrogen-bond donors (Lipinski definition) is 1. The third kappa shape index (κ3) is 2.73. The monoisotopic (exact) mass is 261 g/mol. The summed E-state index contributed by atoms with van der Waals surface area (Å²) < 4.78 is 0. The average molecular weight is 261 g/mol. The maximum absolute atomic E-state index is 9.12. The Morgan fingerprint density at radius 3 is 2.63 bits per heavy atom. The predicted octanol–water partition coefficient (Wildman–Crippen LogP) is 2.49. The van der Waals surface area contributed by atoms with Gasteiger partial charge in [0, 0.05) is 25.1 Å². The molecule has 0 amide bonds. The third-order valence-corrected chi connectivity index (χ3v) is 4.58. The van der Waals surface area contributed by atoms with Gasteiger partial charge < -0.3 is 10.0 Å². The van der Waals surface area contributed by atoms with Crippen molar-refractivity contribution in [1.82, 2.24) is 10.2 Å². The molecular formula is C15H23N3O. The van der Waals surface area contributed by atoms with Crippen molar-refractivity contribution in [3.63, 3.8) is 0 Å². The van der Waals surface area contributed by atoms with Crippen LogP contribution in [0.15, 0.2) is 12.1 Å². The lowest BCUT2D eigenvalue weighted by molar-refractivity contribution is 0.275. The molecule has 1 aliphatic heterocycles. The van der Waals surface area contributed by atoms with Gasteiger partial charge in [-0.05, 0) is 44.2 Å². The summed E-state index contributed by atoms with van der Waals surface area (Å²) in [4.78, 5) is 2.31. The normalized spacial score (nSPS) is 24.3. The number of aliphatic hydroxyl groups is 1. The second-order valence-electron chi connectivity index (χ2n) is 5.80. The van der Waals surface area contributed by atoms with Crippen LogP contribution in [0.25, 0.3) is 0 Å². The molecule has 2 aliphatic rings. The lowest BCUT2D eigenvalue weighted by Crippen LogP contribution is -2.30. The quantitative estimate of drug-likeness (QED) is 0.904. The van der Waals surface area contributed by atoms with E-state index >= 15 is 0 Å². The Balaban J connectivity index is 1.71. The van der Waals surface area contributed by atoms with Gasteiger partial charge in [-0.1, -0.05) is 12.8 Å². The number of anilines is 1. The van der Waals surface area contributed by atoms with Crippen LogP contribution in [0.2, 0.25) is 0 Å². The molecule has 1 aliphatic carbocycles. The zero-order valence-electron chi connectivity index (χ0n) is 11.5. The molecule has 2 fully saturated rings. The Hall–Kier alpha value is -1.16. The number of rotatable bonds is 4. The largest absolute Gasteiger partial charge is 0.396 e. The number of aromatic nitrogens is 2. The summed E-state index contributed by atoms with van der Waals surface area (Å²) in [6.45, 7) is 1.30. The van der Waals surface area contributed by atoms with Crippen LogP contribution in [-0.2, 0) is 0 Å². The average Bonchev–Trinajstić information content (AvgIpc) is 3.10. The highest BCUT2D eigenvalue weighted by molar-refractivity contribution is 5.40. The molecule has 0 radical (unpaired) electrons. The van der Waals surface area contributed by atoms with E-state index in [2.05, 4.69) is 27.2 Å². The van der Waals surface area contributed by atoms with Gasteiger partial charge in [0.1, 0.15) is 0 Å². The molecule has 1 saturated carbocycles. The first-order valence-corrected chi connectivity index (χ1v) is 7.59. The van der Waals surface area contributed by atoms with Gasteiger partial charge >= 0.3 is 0 Å². The van der Waals surface area contributed by atoms with E-state index in [9.17, 15) is 0 Å². The van der Waals surface area contributed by atoms with Crippen molar-refractivity contribution in [3.8, 4) is 0 Å². The lowest BCUT2D eigenvalue weighted by atomic mass is 10.0. The number of nitrogens with zero attached hydrogens (tertiary/aromatic N) is 3. The van der Waals surface area contributed by atoms with E-state index in [0.29, 0.717) is 12.0 Å². The molecule has 0 aromatic carbocycles. The van der Waals surface area contributed by atoms with Gasteiger partial charge in [-0.25, -0.2) is 0 Å². The topological polar surface area (TPSA) is 49.2 Å². The molecule has 1 aromatic rings. The lowest BCUT2D eigenvalue weighted by Gasteiger charge is -2.24. The van der Waals surface area contributed by atoms with E-state index in [-0.39, 0.29) is 6.61 Å². The SMILES string of the molecule is OCCC1CCCN1c1ccc(C2CCCC2)nn1. The van der Waals surface area contributed by atoms with Crippen molar-refractivity contribution in [2.45, 2.75) is 56.9 Å². The van der Waals surface area contributed by atoms with E-state index in [1.807, 2.05) is 0 Å². The minimum Gasteiger partial charge on any atom is -0.396 e. The summed E-state index contributed by atoms with van der Waals surface area (Å²) in [5, 5.41) is 18.0. The van der Waals surface area contributed by atoms with Crippen LogP contribution in [0.1, 0.15) is 56.6 Å². The van der Waals surface area contributed by atoms with Gasteiger partial charge in [0.15, 0.2) is 5.82 Å². The summed E-state index contributed by atoms with van der Waals surface area (Å²) in [6, 6.07) is 4.72. The Labute approximate surface area is 114 Å². The Morgan fingerprint density at radius 1 is 1.11 bits per heavy atom. The van der Waals surface area contributed by atoms with E-state index < -0.39 is 0 Å². The Morgan fingerprint density at radius 2 is 1.95 bits per heavy atom. The second-order valence-corrected chi connectivity index (χ2v) is 5.80. The maximum Gasteiger partial charge on any atom is 0.151 e. The van der Waals surface area contributed by atoms with Crippen LogP contribution in [-0.4, -0.2) is 34.5 Å². The molecular weight excluding hydrogens is 238 g/mol. The highest BCUT2D eigenvalue weighted by Gasteiger charge is 2.26. The van der Waals surface area contributed by atoms with Gasteiger partial charge in [-0.2, -0.15) is 5.10 Å². The van der Waals surface area contributed by atoms with E-state index in [1.54, 1.807) is 0 Å². The van der Waals surface area contributed by atoms with Gasteiger partial charge in [0.05, 0.1) is 5.69 Å². The molecule has 1 N–H and O–H groups in total. The van der Waals surface area contributed by atoms with Crippen molar-refractivity contribution >= 4 is 5.82 Å². The van der Waals surface area contributed by atoms with Crippen molar-refractivity contribution in [3.05, 3.63) is 17.8 Å². The molecule has 1 atom stereocenters. The van der Waals surface area contributed by atoms with E-state index in [1.165, 1.54) is 37.8 Å². The molecule has 4 nitrogen and oxygen atoms in total. The van der Waals surface area contributed by atoms with Crippen molar-refractivity contribution in [1.29, 1.82) is 0 Å². The molecule has 4 heteroatoms. The van der Waals surface area contributed by atoms with Crippen LogP contribution < -0.4 is 4.90 Å². The van der Waals surface area contributed by atoms with Gasteiger partial charge in [0.25, 0.3) is 0 Å². The minimum atomic E-state index is 0.259. The Bertz CT molecular complexity index is 400. The zero-order valence-corrected chi connectivity index (χ0v) is 11.5. The summed E-state index contributed by atoms with van der Waals surface area (Å²) >= 11 is 0. The highest BCUT2D eigenvalue weighted by Crippen LogP contribution is 2.33. The number of hydrogen-bond acceptors (Lipinski definition) is 4. The smallest absolute Gasteiger partial charge is 0.151 e. The molecule has 1 saturated heterocycles. The second kappa shape index (κ2) is 5.87. The van der Waals surface area contributed by atoms with E-state index in [0.717, 1.165) is 25.2 Å². The molecule has 19 heavy (non-hydrogen) atoms. The van der Waals surface area contributed by atoms with Gasteiger partial charge in [-0.15, -0.1) is 5.10 Å². The highest BCUT2D eigenvalue weighted by atomic mass is 16.3. The van der Waals surface area contributed by atoms with Crippen molar-refractivity contribution in [2.75, 3.05) is 18.1 Å². The van der Waals surface area contributed by atoms with Crippen LogP contribution in [0.4, 0.5) is 5.82 Å². The first-order valence-electron chi connectivity index (χ1n) is 7.59. The molecule has 0 bridgehead atoms. The summed E-state index contributed by atoms with van der Waals surface area (Å²) in [6.07, 6.45) is 8.39. The van der Waals surface area contributed by atoms with Crippen LogP contribution in [0.5, 0.6) is 0 Å². The fourth-order valence-corrected chi connectivity index (χ4v) is 3.51. The predicted molar refractivity (Wildman–Crippen MR) is 75.3 cm³/mol. The molecule has 2 heterocycles. The van der Waals surface area contributed by atoms with Gasteiger partial charge in [0.2, 0.25) is 0 Å². The molecule has 0 spiro atoms.